The van der Waals surface area contributed by atoms with Crippen molar-refractivity contribution in [1.82, 2.24) is 20.0 Å². The Balaban J connectivity index is 2.23. The maximum atomic E-state index is 12.2. The van der Waals surface area contributed by atoms with Crippen molar-refractivity contribution in [3.05, 3.63) is 17.8 Å². The highest BCUT2D eigenvalue weighted by Crippen LogP contribution is 2.25. The molecule has 6 heteroatoms. The second-order valence-electron chi connectivity index (χ2n) is 5.95. The van der Waals surface area contributed by atoms with Crippen molar-refractivity contribution < 1.29 is 9.53 Å². The van der Waals surface area contributed by atoms with Gasteiger partial charge in [0, 0.05) is 19.7 Å². The zero-order valence-corrected chi connectivity index (χ0v) is 12.6. The molecule has 2 heterocycles. The van der Waals surface area contributed by atoms with Gasteiger partial charge in [-0.25, -0.2) is 14.5 Å². The monoisotopic (exact) mass is 286 g/mol. The van der Waals surface area contributed by atoms with Crippen LogP contribution < -0.4 is 0 Å². The fourth-order valence-corrected chi connectivity index (χ4v) is 1.87. The van der Waals surface area contributed by atoms with Crippen LogP contribution in [0.15, 0.2) is 12.3 Å². The van der Waals surface area contributed by atoms with Crippen LogP contribution in [-0.2, 0) is 11.8 Å². The summed E-state index contributed by atoms with van der Waals surface area (Å²) in [4.78, 5) is 16.4. The number of aromatic nitrogens is 4. The molecule has 0 saturated carbocycles. The van der Waals surface area contributed by atoms with Crippen LogP contribution >= 0.6 is 0 Å². The van der Waals surface area contributed by atoms with Gasteiger partial charge in [-0.2, -0.15) is 0 Å². The minimum atomic E-state index is -0.453. The molecule has 0 N–H and O–H groups in total. The standard InChI is InChI=1S/C15H18N4O2/c1-6-7-12(15(2,3)4)21-14(20)10-8-11-13(16-9-10)19(5)18-17-11/h1,8-9,12H,7H2,2-5H3/t12-/m1/s1. The van der Waals surface area contributed by atoms with Gasteiger partial charge in [0.1, 0.15) is 11.6 Å². The summed E-state index contributed by atoms with van der Waals surface area (Å²) in [7, 11) is 1.74. The summed E-state index contributed by atoms with van der Waals surface area (Å²) in [5.74, 6) is 2.09. The molecule has 0 aliphatic rings. The largest absolute Gasteiger partial charge is 0.457 e. The number of esters is 1. The summed E-state index contributed by atoms with van der Waals surface area (Å²) in [5, 5.41) is 7.79. The quantitative estimate of drug-likeness (QED) is 0.637. The van der Waals surface area contributed by atoms with E-state index >= 15 is 0 Å². The van der Waals surface area contributed by atoms with E-state index in [4.69, 9.17) is 11.2 Å². The van der Waals surface area contributed by atoms with Crippen molar-refractivity contribution in [2.24, 2.45) is 12.5 Å². The molecule has 0 saturated heterocycles. The molecule has 0 aliphatic carbocycles. The Morgan fingerprint density at radius 2 is 2.24 bits per heavy atom. The first-order chi connectivity index (χ1) is 9.82. The molecule has 110 valence electrons. The predicted octanol–water partition coefficient (Wildman–Crippen LogP) is 1.96. The van der Waals surface area contributed by atoms with Gasteiger partial charge in [-0.1, -0.05) is 26.0 Å². The van der Waals surface area contributed by atoms with Gasteiger partial charge in [-0.3, -0.25) is 0 Å². The number of ether oxygens (including phenoxy) is 1. The van der Waals surface area contributed by atoms with Crippen LogP contribution in [0.5, 0.6) is 0 Å². The summed E-state index contributed by atoms with van der Waals surface area (Å²) < 4.78 is 7.06. The lowest BCUT2D eigenvalue weighted by Gasteiger charge is -2.28. The molecule has 2 rings (SSSR count). The zero-order valence-electron chi connectivity index (χ0n) is 12.6. The minimum Gasteiger partial charge on any atom is -0.457 e. The number of rotatable bonds is 3. The predicted molar refractivity (Wildman–Crippen MR) is 78.4 cm³/mol. The molecule has 21 heavy (non-hydrogen) atoms. The molecule has 0 unspecified atom stereocenters. The van der Waals surface area contributed by atoms with Crippen molar-refractivity contribution in [3.8, 4) is 12.3 Å². The number of aryl methyl sites for hydroxylation is 1. The third kappa shape index (κ3) is 3.19. The Morgan fingerprint density at radius 3 is 2.86 bits per heavy atom. The van der Waals surface area contributed by atoms with Crippen molar-refractivity contribution in [2.75, 3.05) is 0 Å². The number of hydrogen-bond donors (Lipinski definition) is 0. The van der Waals surface area contributed by atoms with Gasteiger partial charge in [0.25, 0.3) is 0 Å². The molecule has 6 nitrogen and oxygen atoms in total. The van der Waals surface area contributed by atoms with Crippen LogP contribution in [0.1, 0.15) is 37.6 Å². The maximum Gasteiger partial charge on any atom is 0.340 e. The smallest absolute Gasteiger partial charge is 0.340 e. The number of carbonyl (C=O) groups excluding carboxylic acids is 1. The SMILES string of the molecule is C#CC[C@@H](OC(=O)c1cnc2c(c1)nnn2C)C(C)(C)C. The van der Waals surface area contributed by atoms with Crippen LogP contribution in [0, 0.1) is 17.8 Å². The third-order valence-electron chi connectivity index (χ3n) is 3.19. The molecule has 0 amide bonds. The van der Waals surface area contributed by atoms with E-state index in [1.54, 1.807) is 17.8 Å². The molecule has 0 aromatic carbocycles. The lowest BCUT2D eigenvalue weighted by Crippen LogP contribution is -2.31. The lowest BCUT2D eigenvalue weighted by molar-refractivity contribution is -0.000565. The van der Waals surface area contributed by atoms with E-state index in [1.807, 2.05) is 20.8 Å². The Labute approximate surface area is 123 Å². The van der Waals surface area contributed by atoms with E-state index in [-0.39, 0.29) is 11.5 Å². The first kappa shape index (κ1) is 15.0. The molecular formula is C15H18N4O2. The van der Waals surface area contributed by atoms with E-state index in [0.29, 0.717) is 23.1 Å². The van der Waals surface area contributed by atoms with Crippen LogP contribution in [0.2, 0.25) is 0 Å². The Bertz CT molecular complexity index is 707. The number of terminal acetylenes is 1. The van der Waals surface area contributed by atoms with Crippen LogP contribution in [-0.4, -0.2) is 32.1 Å². The lowest BCUT2D eigenvalue weighted by atomic mass is 9.87. The normalized spacial score (nSPS) is 12.9. The second kappa shape index (κ2) is 5.52. The first-order valence-corrected chi connectivity index (χ1v) is 6.63. The van der Waals surface area contributed by atoms with Gasteiger partial charge < -0.3 is 4.74 Å². The van der Waals surface area contributed by atoms with Crippen molar-refractivity contribution in [3.63, 3.8) is 0 Å². The molecule has 0 spiro atoms. The second-order valence-corrected chi connectivity index (χ2v) is 5.95. The summed E-state index contributed by atoms with van der Waals surface area (Å²) in [6.07, 6.45) is 6.82. The van der Waals surface area contributed by atoms with E-state index < -0.39 is 5.97 Å². The highest BCUT2D eigenvalue weighted by atomic mass is 16.5. The fourth-order valence-electron chi connectivity index (χ4n) is 1.87. The average Bonchev–Trinajstić information content (AvgIpc) is 2.78. The maximum absolute atomic E-state index is 12.2. The molecule has 2 aromatic heterocycles. The van der Waals surface area contributed by atoms with E-state index in [1.165, 1.54) is 6.20 Å². The highest BCUT2D eigenvalue weighted by molar-refractivity contribution is 5.92. The number of pyridine rings is 1. The van der Waals surface area contributed by atoms with Crippen LogP contribution in [0.25, 0.3) is 11.2 Å². The van der Waals surface area contributed by atoms with Gasteiger partial charge in [-0.05, 0) is 11.5 Å². The summed E-state index contributed by atoms with van der Waals surface area (Å²) >= 11 is 0. The van der Waals surface area contributed by atoms with Crippen molar-refractivity contribution in [1.29, 1.82) is 0 Å². The zero-order chi connectivity index (χ0) is 15.6. The molecule has 0 bridgehead atoms. The minimum absolute atomic E-state index is 0.230. The number of carbonyl (C=O) groups is 1. The molecule has 2 aromatic rings. The number of fused-ring (bicyclic) bond motifs is 1. The van der Waals surface area contributed by atoms with Gasteiger partial charge in [-0.15, -0.1) is 17.4 Å². The van der Waals surface area contributed by atoms with E-state index in [0.717, 1.165) is 0 Å². The Hall–Kier alpha value is -2.42. The first-order valence-electron chi connectivity index (χ1n) is 6.63. The van der Waals surface area contributed by atoms with E-state index in [2.05, 4.69) is 21.2 Å². The highest BCUT2D eigenvalue weighted by Gasteiger charge is 2.28. The van der Waals surface area contributed by atoms with Crippen molar-refractivity contribution in [2.45, 2.75) is 33.3 Å². The van der Waals surface area contributed by atoms with Gasteiger partial charge in [0.15, 0.2) is 5.65 Å². The summed E-state index contributed by atoms with van der Waals surface area (Å²) in [6, 6.07) is 1.62. The summed E-state index contributed by atoms with van der Waals surface area (Å²) in [6.45, 7) is 5.94. The Morgan fingerprint density at radius 1 is 1.52 bits per heavy atom. The number of hydrogen-bond acceptors (Lipinski definition) is 5. The third-order valence-corrected chi connectivity index (χ3v) is 3.19. The molecule has 1 atom stereocenters. The van der Waals surface area contributed by atoms with Crippen molar-refractivity contribution >= 4 is 17.1 Å². The van der Waals surface area contributed by atoms with Gasteiger partial charge >= 0.3 is 5.97 Å². The average molecular weight is 286 g/mol. The molecule has 0 aliphatic heterocycles. The van der Waals surface area contributed by atoms with Crippen LogP contribution in [0.4, 0.5) is 0 Å². The van der Waals surface area contributed by atoms with Crippen LogP contribution in [0.3, 0.4) is 0 Å². The fraction of sp³-hybridized carbons (Fsp3) is 0.467. The Kier molecular flexibility index (Phi) is 3.94. The molecule has 0 fully saturated rings. The van der Waals surface area contributed by atoms with Gasteiger partial charge in [0.05, 0.1) is 5.56 Å². The topological polar surface area (TPSA) is 69.9 Å². The summed E-state index contributed by atoms with van der Waals surface area (Å²) in [5.41, 5.74) is 1.28. The van der Waals surface area contributed by atoms with E-state index in [9.17, 15) is 4.79 Å². The number of nitrogens with zero attached hydrogens (tertiary/aromatic N) is 4. The molecule has 0 radical (unpaired) electrons. The molecular weight excluding hydrogens is 268 g/mol. The van der Waals surface area contributed by atoms with Gasteiger partial charge in [0.2, 0.25) is 0 Å².